The van der Waals surface area contributed by atoms with E-state index >= 15 is 0 Å². The van der Waals surface area contributed by atoms with E-state index in [1.54, 1.807) is 24.3 Å². The van der Waals surface area contributed by atoms with Crippen LogP contribution in [0.15, 0.2) is 42.5 Å². The van der Waals surface area contributed by atoms with Crippen LogP contribution in [0.5, 0.6) is 0 Å². The van der Waals surface area contributed by atoms with E-state index in [0.29, 0.717) is 16.8 Å². The first-order valence-corrected chi connectivity index (χ1v) is 8.58. The summed E-state index contributed by atoms with van der Waals surface area (Å²) in [5.74, 6) is -2.93. The van der Waals surface area contributed by atoms with E-state index in [1.807, 2.05) is 0 Å². The van der Waals surface area contributed by atoms with Gasteiger partial charge in [0.2, 0.25) is 5.91 Å². The van der Waals surface area contributed by atoms with Gasteiger partial charge in [-0.05, 0) is 48.4 Å². The Balaban J connectivity index is 1.80. The van der Waals surface area contributed by atoms with Gasteiger partial charge >= 0.3 is 5.97 Å². The summed E-state index contributed by atoms with van der Waals surface area (Å²) in [7, 11) is 1.27. The van der Waals surface area contributed by atoms with Gasteiger partial charge in [-0.25, -0.2) is 8.78 Å². The molecular formula is C20H20F2N2O4. The van der Waals surface area contributed by atoms with Crippen LogP contribution in [-0.2, 0) is 20.7 Å². The summed E-state index contributed by atoms with van der Waals surface area (Å²) in [5.41, 5.74) is 1.40. The zero-order chi connectivity index (χ0) is 20.5. The fourth-order valence-electron chi connectivity index (χ4n) is 2.36. The summed E-state index contributed by atoms with van der Waals surface area (Å²) in [6, 6.07) is 9.75. The molecule has 0 heterocycles. The van der Waals surface area contributed by atoms with Crippen LogP contribution in [0.25, 0.3) is 0 Å². The largest absolute Gasteiger partial charge is 0.469 e. The fourth-order valence-corrected chi connectivity index (χ4v) is 2.36. The molecule has 0 aromatic heterocycles. The van der Waals surface area contributed by atoms with Crippen LogP contribution in [0, 0.1) is 11.6 Å². The first-order valence-electron chi connectivity index (χ1n) is 8.58. The number of ether oxygens (including phenoxy) is 1. The molecule has 0 aliphatic rings. The number of carbonyl (C=O) groups excluding carboxylic acids is 3. The Hall–Kier alpha value is -3.29. The van der Waals surface area contributed by atoms with Gasteiger partial charge in [0.25, 0.3) is 5.91 Å². The molecule has 0 aliphatic carbocycles. The lowest BCUT2D eigenvalue weighted by Gasteiger charge is -2.08. The summed E-state index contributed by atoms with van der Waals surface area (Å²) in [4.78, 5) is 34.9. The summed E-state index contributed by atoms with van der Waals surface area (Å²) >= 11 is 0. The molecule has 0 saturated carbocycles. The number of hydrogen-bond acceptors (Lipinski definition) is 4. The van der Waals surface area contributed by atoms with Gasteiger partial charge < -0.3 is 15.4 Å². The van der Waals surface area contributed by atoms with Crippen molar-refractivity contribution in [2.75, 3.05) is 19.0 Å². The Kier molecular flexibility index (Phi) is 7.62. The van der Waals surface area contributed by atoms with Crippen LogP contribution >= 0.6 is 0 Å². The van der Waals surface area contributed by atoms with E-state index < -0.39 is 17.6 Å². The van der Waals surface area contributed by atoms with Gasteiger partial charge in [-0.15, -0.1) is 0 Å². The summed E-state index contributed by atoms with van der Waals surface area (Å²) in [6.45, 7) is 0.161. The summed E-state index contributed by atoms with van der Waals surface area (Å²) in [6.07, 6.45) is 0.443. The van der Waals surface area contributed by atoms with E-state index in [0.717, 1.165) is 12.1 Å². The SMILES string of the molecule is COC(=O)CCNC(=O)c1ccc(NC(=O)CCc2ccc(F)c(F)c2)cc1. The smallest absolute Gasteiger partial charge is 0.307 e. The van der Waals surface area contributed by atoms with Gasteiger partial charge in [0.05, 0.1) is 13.5 Å². The third-order valence-electron chi connectivity index (χ3n) is 3.90. The number of benzene rings is 2. The van der Waals surface area contributed by atoms with E-state index in [2.05, 4.69) is 15.4 Å². The molecular weight excluding hydrogens is 370 g/mol. The van der Waals surface area contributed by atoms with Gasteiger partial charge in [0, 0.05) is 24.2 Å². The molecule has 28 heavy (non-hydrogen) atoms. The van der Waals surface area contributed by atoms with Crippen molar-refractivity contribution in [1.82, 2.24) is 5.32 Å². The highest BCUT2D eigenvalue weighted by atomic mass is 19.2. The predicted molar refractivity (Wildman–Crippen MR) is 98.7 cm³/mol. The van der Waals surface area contributed by atoms with Gasteiger partial charge in [-0.1, -0.05) is 6.07 Å². The van der Waals surface area contributed by atoms with E-state index in [-0.39, 0.29) is 37.6 Å². The molecule has 0 fully saturated rings. The van der Waals surface area contributed by atoms with Crippen molar-refractivity contribution in [3.8, 4) is 0 Å². The number of nitrogens with one attached hydrogen (secondary N) is 2. The van der Waals surface area contributed by atoms with Gasteiger partial charge in [-0.2, -0.15) is 0 Å². The van der Waals surface area contributed by atoms with Crippen LogP contribution in [0.3, 0.4) is 0 Å². The monoisotopic (exact) mass is 390 g/mol. The van der Waals surface area contributed by atoms with Crippen molar-refractivity contribution in [2.24, 2.45) is 0 Å². The average molecular weight is 390 g/mol. The highest BCUT2D eigenvalue weighted by Gasteiger charge is 2.09. The minimum absolute atomic E-state index is 0.0777. The first kappa shape index (κ1) is 21.0. The lowest BCUT2D eigenvalue weighted by Crippen LogP contribution is -2.26. The van der Waals surface area contributed by atoms with E-state index in [9.17, 15) is 23.2 Å². The van der Waals surface area contributed by atoms with Gasteiger partial charge in [0.15, 0.2) is 11.6 Å². The standard InChI is InChI=1S/C20H20F2N2O4/c1-28-19(26)10-11-23-20(27)14-4-6-15(7-5-14)24-18(25)9-3-13-2-8-16(21)17(22)12-13/h2,4-8,12H,3,9-11H2,1H3,(H,23,27)(H,24,25). The quantitative estimate of drug-likeness (QED) is 0.679. The van der Waals surface area contributed by atoms with Crippen LogP contribution < -0.4 is 10.6 Å². The molecule has 2 rings (SSSR count). The normalized spacial score (nSPS) is 10.2. The number of carbonyl (C=O) groups is 3. The minimum Gasteiger partial charge on any atom is -0.469 e. The van der Waals surface area contributed by atoms with Crippen molar-refractivity contribution in [3.63, 3.8) is 0 Å². The highest BCUT2D eigenvalue weighted by molar-refractivity contribution is 5.96. The molecule has 2 N–H and O–H groups in total. The van der Waals surface area contributed by atoms with Crippen molar-refractivity contribution in [2.45, 2.75) is 19.3 Å². The molecule has 8 heteroatoms. The maximum absolute atomic E-state index is 13.2. The Morgan fingerprint density at radius 2 is 1.68 bits per heavy atom. The topological polar surface area (TPSA) is 84.5 Å². The van der Waals surface area contributed by atoms with E-state index in [4.69, 9.17) is 0 Å². The number of esters is 1. The molecule has 148 valence electrons. The van der Waals surface area contributed by atoms with E-state index in [1.165, 1.54) is 13.2 Å². The number of methoxy groups -OCH3 is 1. The second-order valence-electron chi connectivity index (χ2n) is 5.96. The molecule has 0 bridgehead atoms. The van der Waals surface area contributed by atoms with Crippen LogP contribution in [0.1, 0.15) is 28.8 Å². The maximum Gasteiger partial charge on any atom is 0.307 e. The predicted octanol–water partition coefficient (Wildman–Crippen LogP) is 2.83. The van der Waals surface area contributed by atoms with Crippen LogP contribution in [0.4, 0.5) is 14.5 Å². The first-order chi connectivity index (χ1) is 13.4. The number of hydrogen-bond donors (Lipinski definition) is 2. The number of amides is 2. The number of rotatable bonds is 8. The second kappa shape index (κ2) is 10.1. The lowest BCUT2D eigenvalue weighted by molar-refractivity contribution is -0.140. The molecule has 6 nitrogen and oxygen atoms in total. The third-order valence-corrected chi connectivity index (χ3v) is 3.90. The minimum atomic E-state index is -0.946. The van der Waals surface area contributed by atoms with Crippen LogP contribution in [-0.4, -0.2) is 31.4 Å². The molecule has 0 spiro atoms. The summed E-state index contributed by atoms with van der Waals surface area (Å²) in [5, 5.41) is 5.26. The molecule has 0 atom stereocenters. The molecule has 2 aromatic rings. The van der Waals surface area contributed by atoms with Crippen LogP contribution in [0.2, 0.25) is 0 Å². The van der Waals surface area contributed by atoms with Crippen molar-refractivity contribution in [1.29, 1.82) is 0 Å². The second-order valence-corrected chi connectivity index (χ2v) is 5.96. The molecule has 0 saturated heterocycles. The third kappa shape index (κ3) is 6.46. The highest BCUT2D eigenvalue weighted by Crippen LogP contribution is 2.13. The Bertz CT molecular complexity index is 854. The van der Waals surface area contributed by atoms with Gasteiger partial charge in [-0.3, -0.25) is 14.4 Å². The Labute approximate surface area is 160 Å². The van der Waals surface area contributed by atoms with Crippen molar-refractivity contribution in [3.05, 3.63) is 65.2 Å². The zero-order valence-corrected chi connectivity index (χ0v) is 15.3. The maximum atomic E-state index is 13.2. The molecule has 2 aromatic carbocycles. The Morgan fingerprint density at radius 3 is 2.32 bits per heavy atom. The van der Waals surface area contributed by atoms with Gasteiger partial charge in [0.1, 0.15) is 0 Å². The van der Waals surface area contributed by atoms with Crippen molar-refractivity contribution < 1.29 is 27.9 Å². The van der Waals surface area contributed by atoms with Crippen molar-refractivity contribution >= 4 is 23.5 Å². The summed E-state index contributed by atoms with van der Waals surface area (Å²) < 4.78 is 30.5. The number of anilines is 1. The lowest BCUT2D eigenvalue weighted by atomic mass is 10.1. The number of aryl methyl sites for hydroxylation is 1. The fraction of sp³-hybridized carbons (Fsp3) is 0.250. The zero-order valence-electron chi connectivity index (χ0n) is 15.3. The Morgan fingerprint density at radius 1 is 0.964 bits per heavy atom. The average Bonchev–Trinajstić information content (AvgIpc) is 2.69. The molecule has 0 radical (unpaired) electrons. The molecule has 0 unspecified atom stereocenters. The number of halogens is 2. The molecule has 2 amide bonds. The molecule has 0 aliphatic heterocycles.